The van der Waals surface area contributed by atoms with Crippen molar-refractivity contribution >= 4 is 12.6 Å². The van der Waals surface area contributed by atoms with Gasteiger partial charge in [0.15, 0.2) is 0 Å². The molecule has 0 rings (SSSR count). The van der Waals surface area contributed by atoms with Crippen LogP contribution in [0.4, 0.5) is 0 Å². The molecule has 0 spiro atoms. The van der Waals surface area contributed by atoms with Crippen LogP contribution in [-0.4, -0.2) is 25.7 Å². The molecule has 58 valence electrons. The minimum atomic E-state index is 0.557. The number of aldehydes is 2. The second-order valence-electron chi connectivity index (χ2n) is 2.01. The SMILES string of the molecule is O=CCCCNCCC=O. The molecular weight excluding hydrogens is 130 g/mol. The normalized spacial score (nSPS) is 9.20. The number of carbonyl (C=O) groups excluding carboxylic acids is 2. The smallest absolute Gasteiger partial charge is 0.121 e. The average Bonchev–Trinajstić information content (AvgIpc) is 1.97. The van der Waals surface area contributed by atoms with E-state index in [9.17, 15) is 9.59 Å². The standard InChI is InChI=1S/C7H13NO2/c9-6-2-1-4-8-5-3-7-10/h6-8H,1-5H2. The van der Waals surface area contributed by atoms with E-state index in [4.69, 9.17) is 0 Å². The van der Waals surface area contributed by atoms with E-state index in [1.807, 2.05) is 0 Å². The van der Waals surface area contributed by atoms with Crippen LogP contribution >= 0.6 is 0 Å². The molecule has 0 aliphatic rings. The summed E-state index contributed by atoms with van der Waals surface area (Å²) < 4.78 is 0. The summed E-state index contributed by atoms with van der Waals surface area (Å²) in [5.41, 5.74) is 0. The molecular formula is C7H13NO2. The van der Waals surface area contributed by atoms with E-state index in [0.717, 1.165) is 32.1 Å². The fourth-order valence-corrected chi connectivity index (χ4v) is 0.596. The van der Waals surface area contributed by atoms with Gasteiger partial charge in [-0.15, -0.1) is 0 Å². The van der Waals surface area contributed by atoms with Crippen LogP contribution < -0.4 is 5.32 Å². The minimum Gasteiger partial charge on any atom is -0.316 e. The maximum atomic E-state index is 9.81. The van der Waals surface area contributed by atoms with Gasteiger partial charge in [-0.25, -0.2) is 0 Å². The van der Waals surface area contributed by atoms with Crippen molar-refractivity contribution in [1.29, 1.82) is 0 Å². The lowest BCUT2D eigenvalue weighted by Gasteiger charge is -1.97. The third-order valence-electron chi connectivity index (χ3n) is 1.11. The Morgan fingerprint density at radius 3 is 2.30 bits per heavy atom. The van der Waals surface area contributed by atoms with Gasteiger partial charge in [0.25, 0.3) is 0 Å². The summed E-state index contributed by atoms with van der Waals surface area (Å²) in [5, 5.41) is 3.03. The van der Waals surface area contributed by atoms with E-state index in [1.165, 1.54) is 0 Å². The molecule has 0 fully saturated rings. The van der Waals surface area contributed by atoms with Crippen LogP contribution in [0.15, 0.2) is 0 Å². The lowest BCUT2D eigenvalue weighted by Crippen LogP contribution is -2.16. The Morgan fingerprint density at radius 1 is 1.00 bits per heavy atom. The Kier molecular flexibility index (Phi) is 7.72. The van der Waals surface area contributed by atoms with Gasteiger partial charge in [0.1, 0.15) is 12.6 Å². The van der Waals surface area contributed by atoms with E-state index in [-0.39, 0.29) is 0 Å². The summed E-state index contributed by atoms with van der Waals surface area (Å²) >= 11 is 0. The van der Waals surface area contributed by atoms with Crippen LogP contribution in [0.5, 0.6) is 0 Å². The maximum absolute atomic E-state index is 9.81. The van der Waals surface area contributed by atoms with Crippen LogP contribution in [0.1, 0.15) is 19.3 Å². The Hall–Kier alpha value is -0.700. The Bertz CT molecular complexity index is 81.6. The highest BCUT2D eigenvalue weighted by Crippen LogP contribution is 1.80. The molecule has 0 aromatic rings. The Balaban J connectivity index is 2.76. The third kappa shape index (κ3) is 7.30. The van der Waals surface area contributed by atoms with Gasteiger partial charge in [-0.1, -0.05) is 0 Å². The molecule has 0 bridgehead atoms. The zero-order chi connectivity index (χ0) is 7.66. The summed E-state index contributed by atoms with van der Waals surface area (Å²) in [6.45, 7) is 1.55. The number of rotatable bonds is 7. The molecule has 1 N–H and O–H groups in total. The molecule has 0 atom stereocenters. The lowest BCUT2D eigenvalue weighted by molar-refractivity contribution is -0.108. The van der Waals surface area contributed by atoms with E-state index in [0.29, 0.717) is 12.8 Å². The van der Waals surface area contributed by atoms with Gasteiger partial charge in [-0.05, 0) is 13.0 Å². The van der Waals surface area contributed by atoms with Gasteiger partial charge in [0.05, 0.1) is 0 Å². The monoisotopic (exact) mass is 143 g/mol. The highest BCUT2D eigenvalue weighted by atomic mass is 16.1. The van der Waals surface area contributed by atoms with Crippen molar-refractivity contribution in [3.63, 3.8) is 0 Å². The van der Waals surface area contributed by atoms with Gasteiger partial charge in [0, 0.05) is 19.4 Å². The van der Waals surface area contributed by atoms with Crippen molar-refractivity contribution in [3.05, 3.63) is 0 Å². The number of carbonyl (C=O) groups is 2. The van der Waals surface area contributed by atoms with Gasteiger partial charge in [0.2, 0.25) is 0 Å². The van der Waals surface area contributed by atoms with Crippen molar-refractivity contribution < 1.29 is 9.59 Å². The first-order valence-corrected chi connectivity index (χ1v) is 3.50. The minimum absolute atomic E-state index is 0.557. The summed E-state index contributed by atoms with van der Waals surface area (Å²) in [4.78, 5) is 19.6. The Morgan fingerprint density at radius 2 is 1.70 bits per heavy atom. The van der Waals surface area contributed by atoms with Gasteiger partial charge >= 0.3 is 0 Å². The zero-order valence-corrected chi connectivity index (χ0v) is 6.01. The molecule has 3 nitrogen and oxygen atoms in total. The second-order valence-corrected chi connectivity index (χ2v) is 2.01. The fourth-order valence-electron chi connectivity index (χ4n) is 0.596. The summed E-state index contributed by atoms with van der Waals surface area (Å²) in [5.74, 6) is 0. The Labute approximate surface area is 60.8 Å². The summed E-state index contributed by atoms with van der Waals surface area (Å²) in [6.07, 6.45) is 3.81. The molecule has 3 heteroatoms. The molecule has 0 aliphatic carbocycles. The van der Waals surface area contributed by atoms with Gasteiger partial charge in [-0.3, -0.25) is 0 Å². The topological polar surface area (TPSA) is 46.2 Å². The van der Waals surface area contributed by atoms with E-state index in [2.05, 4.69) is 5.32 Å². The van der Waals surface area contributed by atoms with Crippen molar-refractivity contribution in [2.45, 2.75) is 19.3 Å². The molecule has 0 radical (unpaired) electrons. The highest BCUT2D eigenvalue weighted by molar-refractivity contribution is 5.49. The van der Waals surface area contributed by atoms with Crippen LogP contribution in [0, 0.1) is 0 Å². The number of unbranched alkanes of at least 4 members (excludes halogenated alkanes) is 1. The molecule has 0 aromatic heterocycles. The van der Waals surface area contributed by atoms with Crippen LogP contribution in [0.3, 0.4) is 0 Å². The molecule has 0 aromatic carbocycles. The van der Waals surface area contributed by atoms with Crippen molar-refractivity contribution in [1.82, 2.24) is 5.32 Å². The first-order chi connectivity index (χ1) is 4.91. The van der Waals surface area contributed by atoms with Crippen LogP contribution in [-0.2, 0) is 9.59 Å². The zero-order valence-electron chi connectivity index (χ0n) is 6.01. The third-order valence-corrected chi connectivity index (χ3v) is 1.11. The molecule has 0 amide bonds. The maximum Gasteiger partial charge on any atom is 0.121 e. The van der Waals surface area contributed by atoms with E-state index in [1.54, 1.807) is 0 Å². The predicted molar refractivity (Wildman–Crippen MR) is 38.8 cm³/mol. The van der Waals surface area contributed by atoms with Gasteiger partial charge < -0.3 is 14.9 Å². The molecule has 0 aliphatic heterocycles. The first-order valence-electron chi connectivity index (χ1n) is 3.50. The quantitative estimate of drug-likeness (QED) is 0.407. The second kappa shape index (κ2) is 8.30. The molecule has 0 saturated carbocycles. The number of hydrogen-bond acceptors (Lipinski definition) is 3. The van der Waals surface area contributed by atoms with Crippen molar-refractivity contribution in [2.75, 3.05) is 13.1 Å². The number of nitrogens with one attached hydrogen (secondary N) is 1. The van der Waals surface area contributed by atoms with Crippen molar-refractivity contribution in [2.24, 2.45) is 0 Å². The van der Waals surface area contributed by atoms with Crippen LogP contribution in [0.25, 0.3) is 0 Å². The molecule has 0 saturated heterocycles. The summed E-state index contributed by atoms with van der Waals surface area (Å²) in [7, 11) is 0. The largest absolute Gasteiger partial charge is 0.316 e. The van der Waals surface area contributed by atoms with Crippen molar-refractivity contribution in [3.8, 4) is 0 Å². The summed E-state index contributed by atoms with van der Waals surface area (Å²) in [6, 6.07) is 0. The predicted octanol–water partition coefficient (Wildman–Crippen LogP) is 0.144. The fraction of sp³-hybridized carbons (Fsp3) is 0.714. The molecule has 0 unspecified atom stereocenters. The molecule has 10 heavy (non-hydrogen) atoms. The van der Waals surface area contributed by atoms with Crippen LogP contribution in [0.2, 0.25) is 0 Å². The van der Waals surface area contributed by atoms with E-state index < -0.39 is 0 Å². The van der Waals surface area contributed by atoms with E-state index >= 15 is 0 Å². The average molecular weight is 143 g/mol. The first kappa shape index (κ1) is 9.30. The molecule has 0 heterocycles. The van der Waals surface area contributed by atoms with Gasteiger partial charge in [-0.2, -0.15) is 0 Å². The number of hydrogen-bond donors (Lipinski definition) is 1. The highest BCUT2D eigenvalue weighted by Gasteiger charge is 1.85. The lowest BCUT2D eigenvalue weighted by atomic mass is 10.3.